The van der Waals surface area contributed by atoms with E-state index in [1.807, 2.05) is 48.5 Å². The van der Waals surface area contributed by atoms with Crippen molar-refractivity contribution in [3.63, 3.8) is 0 Å². The molecule has 4 atom stereocenters. The quantitative estimate of drug-likeness (QED) is 0.0174. The number of carbonyl (C=O) groups is 10. The van der Waals surface area contributed by atoms with Crippen LogP contribution in [0.15, 0.2) is 132 Å². The van der Waals surface area contributed by atoms with Crippen LogP contribution in [0.25, 0.3) is 0 Å². The highest BCUT2D eigenvalue weighted by atomic mass is 16.6. The Morgan fingerprint density at radius 3 is 1.79 bits per heavy atom. The van der Waals surface area contributed by atoms with Crippen molar-refractivity contribution in [2.75, 3.05) is 114 Å². The number of hydrogen-bond acceptors (Lipinski definition) is 21. The van der Waals surface area contributed by atoms with Crippen LogP contribution in [0.5, 0.6) is 23.0 Å². The summed E-state index contributed by atoms with van der Waals surface area (Å²) in [4.78, 5) is 142. The van der Waals surface area contributed by atoms with E-state index in [1.54, 1.807) is 90.5 Å². The van der Waals surface area contributed by atoms with Crippen LogP contribution in [-0.4, -0.2) is 188 Å². The second kappa shape index (κ2) is 36.0. The van der Waals surface area contributed by atoms with Gasteiger partial charge in [-0.05, 0) is 102 Å². The van der Waals surface area contributed by atoms with Crippen LogP contribution in [0.3, 0.4) is 0 Å². The smallest absolute Gasteiger partial charge is 0.414 e. The first-order chi connectivity index (χ1) is 51.8. The van der Waals surface area contributed by atoms with Gasteiger partial charge in [-0.2, -0.15) is 0 Å². The molecule has 29 nitrogen and oxygen atoms in total. The number of anilines is 4. The lowest BCUT2D eigenvalue weighted by atomic mass is 10.0. The van der Waals surface area contributed by atoms with Crippen molar-refractivity contribution in [3.8, 4) is 23.0 Å². The largest absolute Gasteiger partial charge is 0.493 e. The number of hydrogen-bond donors (Lipinski definition) is 4. The van der Waals surface area contributed by atoms with Gasteiger partial charge < -0.3 is 73.5 Å². The van der Waals surface area contributed by atoms with Gasteiger partial charge in [0.2, 0.25) is 23.6 Å². The summed E-state index contributed by atoms with van der Waals surface area (Å²) in [6.07, 6.45) is 4.39. The molecule has 6 aromatic rings. The molecule has 5 heterocycles. The van der Waals surface area contributed by atoms with E-state index in [0.717, 1.165) is 21.7 Å². The van der Waals surface area contributed by atoms with E-state index in [2.05, 4.69) is 21.3 Å². The lowest BCUT2D eigenvalue weighted by Crippen LogP contribution is -2.53. The van der Waals surface area contributed by atoms with Crippen molar-refractivity contribution < 1.29 is 95.3 Å². The van der Waals surface area contributed by atoms with Crippen LogP contribution >= 0.6 is 0 Å². The van der Waals surface area contributed by atoms with Gasteiger partial charge in [-0.25, -0.2) is 9.59 Å². The molecule has 9 amide bonds. The number of methoxy groups -OCH3 is 3. The SMILES string of the molecule is COC(=O)c1cc(COc2cc3c(cc2OC)C(=O)N2c4ccccc4C[C@H]2C=N3)cc(COc2cc3c(cc2OC)C(=O)N2c4ccccc4C[C@H]2CN3C(=O)OCc2ccc(NC(=O)[C@H](C)NC(=O)[C@@H](NC(=O)CCOCCOCCOCCOCCNC(=O)CCN3C(=O)C=CC3=O)C(C)C)cc2)c1. The number of rotatable bonds is 35. The molecule has 0 aromatic heterocycles. The van der Waals surface area contributed by atoms with E-state index in [-0.39, 0.29) is 137 Å². The van der Waals surface area contributed by atoms with E-state index in [1.165, 1.54) is 51.4 Å². The van der Waals surface area contributed by atoms with Gasteiger partial charge in [0, 0.05) is 79.9 Å². The van der Waals surface area contributed by atoms with Crippen LogP contribution in [0.1, 0.15) is 92.5 Å². The number of fused-ring (bicyclic) bond motifs is 8. The molecule has 0 aliphatic carbocycles. The third-order valence-corrected chi connectivity index (χ3v) is 18.3. The highest BCUT2D eigenvalue weighted by molar-refractivity contribution is 6.16. The molecule has 0 fully saturated rings. The van der Waals surface area contributed by atoms with E-state index >= 15 is 0 Å². The van der Waals surface area contributed by atoms with Crippen molar-refractivity contribution in [1.82, 2.24) is 20.9 Å². The van der Waals surface area contributed by atoms with E-state index in [9.17, 15) is 47.9 Å². The highest BCUT2D eigenvalue weighted by Crippen LogP contribution is 2.44. The van der Waals surface area contributed by atoms with Crippen molar-refractivity contribution in [1.29, 1.82) is 0 Å². The van der Waals surface area contributed by atoms with Crippen molar-refractivity contribution in [3.05, 3.63) is 172 Å². The first kappa shape index (κ1) is 76.6. The molecule has 0 radical (unpaired) electrons. The summed E-state index contributed by atoms with van der Waals surface area (Å²) in [7, 11) is 4.18. The molecular weight excluding hydrogens is 1380 g/mol. The highest BCUT2D eigenvalue weighted by Gasteiger charge is 2.43. The fourth-order valence-corrected chi connectivity index (χ4v) is 12.8. The van der Waals surface area contributed by atoms with E-state index < -0.39 is 59.7 Å². The molecule has 0 unspecified atom stereocenters. The van der Waals surface area contributed by atoms with E-state index in [4.69, 9.17) is 52.4 Å². The van der Waals surface area contributed by atoms with Crippen LogP contribution < -0.4 is 54.9 Å². The number of imide groups is 1. The van der Waals surface area contributed by atoms with E-state index in [0.29, 0.717) is 90.1 Å². The molecule has 5 aliphatic heterocycles. The molecule has 5 aliphatic rings. The number of benzene rings is 6. The molecule has 29 heteroatoms. The summed E-state index contributed by atoms with van der Waals surface area (Å²) in [5, 5.41) is 10.9. The summed E-state index contributed by atoms with van der Waals surface area (Å²) in [6, 6.07) is 30.6. The Morgan fingerprint density at radius 2 is 1.15 bits per heavy atom. The Morgan fingerprint density at radius 1 is 0.561 bits per heavy atom. The Bertz CT molecular complexity index is 4370. The molecule has 0 saturated heterocycles. The Labute approximate surface area is 617 Å². The first-order valence-corrected chi connectivity index (χ1v) is 35.1. The van der Waals surface area contributed by atoms with Gasteiger partial charge >= 0.3 is 12.1 Å². The molecule has 6 aromatic carbocycles. The Balaban J connectivity index is 0.646. The van der Waals surface area contributed by atoms with Gasteiger partial charge in [0.15, 0.2) is 23.0 Å². The molecule has 562 valence electrons. The molecule has 107 heavy (non-hydrogen) atoms. The predicted molar refractivity (Wildman–Crippen MR) is 390 cm³/mol. The average molecular weight is 1470 g/mol. The number of esters is 1. The van der Waals surface area contributed by atoms with Crippen LogP contribution in [0, 0.1) is 5.92 Å². The molecular formula is C78H85N9O20. The number of amides is 9. The first-order valence-electron chi connectivity index (χ1n) is 35.1. The van der Waals surface area contributed by atoms with Crippen LogP contribution in [-0.2, 0) is 89.9 Å². The minimum absolute atomic E-state index is 0.00243. The lowest BCUT2D eigenvalue weighted by molar-refractivity contribution is -0.137. The third kappa shape index (κ3) is 18.9. The zero-order valence-electron chi connectivity index (χ0n) is 60.2. The van der Waals surface area contributed by atoms with Gasteiger partial charge in [0.1, 0.15) is 31.9 Å². The van der Waals surface area contributed by atoms with Gasteiger partial charge in [0.25, 0.3) is 23.6 Å². The van der Waals surface area contributed by atoms with Crippen LogP contribution in [0.4, 0.5) is 33.2 Å². The topological polar surface area (TPSA) is 336 Å². The number of carbonyl (C=O) groups excluding carboxylic acids is 10. The third-order valence-electron chi connectivity index (χ3n) is 18.3. The second-order valence-corrected chi connectivity index (χ2v) is 26.0. The minimum atomic E-state index is -1.02. The Hall–Kier alpha value is -11.5. The summed E-state index contributed by atoms with van der Waals surface area (Å²) in [5.41, 5.74) is 6.87. The molecule has 0 saturated carbocycles. The lowest BCUT2D eigenvalue weighted by Gasteiger charge is -2.26. The fraction of sp³-hybridized carbons (Fsp3) is 0.372. The maximum atomic E-state index is 14.9. The molecule has 0 bridgehead atoms. The van der Waals surface area contributed by atoms with Gasteiger partial charge in [0.05, 0.1) is 121 Å². The van der Waals surface area contributed by atoms with Gasteiger partial charge in [-0.1, -0.05) is 62.4 Å². The van der Waals surface area contributed by atoms with Crippen molar-refractivity contribution in [2.45, 2.75) is 90.4 Å². The zero-order valence-corrected chi connectivity index (χ0v) is 60.2. The Kier molecular flexibility index (Phi) is 25.8. The number of nitrogens with one attached hydrogen (secondary N) is 4. The number of nitrogens with zero attached hydrogens (tertiary/aromatic N) is 5. The molecule has 4 N–H and O–H groups in total. The second-order valence-electron chi connectivity index (χ2n) is 26.0. The summed E-state index contributed by atoms with van der Waals surface area (Å²) < 4.78 is 57.6. The molecule has 0 spiro atoms. The maximum absolute atomic E-state index is 14.9. The predicted octanol–water partition coefficient (Wildman–Crippen LogP) is 7.14. The van der Waals surface area contributed by atoms with Gasteiger partial charge in [-0.15, -0.1) is 0 Å². The monoisotopic (exact) mass is 1470 g/mol. The minimum Gasteiger partial charge on any atom is -0.493 e. The van der Waals surface area contributed by atoms with Crippen molar-refractivity contribution >= 4 is 94.0 Å². The number of para-hydroxylation sites is 2. The van der Waals surface area contributed by atoms with Crippen molar-refractivity contribution in [2.24, 2.45) is 10.9 Å². The molecule has 11 rings (SSSR count). The fourth-order valence-electron chi connectivity index (χ4n) is 12.8. The number of aliphatic imine (C=N–C) groups is 1. The van der Waals surface area contributed by atoms with Crippen LogP contribution in [0.2, 0.25) is 0 Å². The summed E-state index contributed by atoms with van der Waals surface area (Å²) in [5.74, 6) is -3.27. The normalized spacial score (nSPS) is 15.8. The summed E-state index contributed by atoms with van der Waals surface area (Å²) in [6.45, 7) is 6.94. The summed E-state index contributed by atoms with van der Waals surface area (Å²) >= 11 is 0. The maximum Gasteiger partial charge on any atom is 0.414 e. The van der Waals surface area contributed by atoms with Gasteiger partial charge in [-0.3, -0.25) is 58.0 Å². The number of ether oxygens (including phenoxy) is 10. The standard InChI is InChI=1S/C78H85N9O20/c1-47(2)72(83-69(89)22-25-101-27-29-103-31-32-104-30-28-102-26-23-79-68(88)21-24-84-70(90)19-20-71(84)91)74(93)81-48(3)73(92)82-55-17-15-49(16-18-55)44-107-78(97)85-43-57-37-53-12-8-10-14-62(53)87(57)76(95)59-39-65(99-5)67(41-63(59)85)106-46-51-33-50(34-54(35-51)77(96)100-6)45-105-66-40-60-58(38-64(66)98-4)75(94)86-56(42-80-60)36-52-11-7-9-13-61(52)86/h7-20,33-35,38-42,47-48,56-57,72H,21-32,36-37,43-46H2,1-6H3,(H,79,88)(H,81,93)(H,82,92)(H,83,89)/t48-,56-,57-,72-/m0/s1. The average Bonchev–Trinajstić information content (AvgIpc) is 1.61. The zero-order chi connectivity index (χ0) is 75.7.